The van der Waals surface area contributed by atoms with Crippen LogP contribution in [0.15, 0.2) is 72.8 Å². The van der Waals surface area contributed by atoms with Crippen LogP contribution in [0.3, 0.4) is 0 Å². The summed E-state index contributed by atoms with van der Waals surface area (Å²) in [4.78, 5) is 16.1. The zero-order valence-electron chi connectivity index (χ0n) is 15.3. The number of carbonyl (C=O) groups excluding carboxylic acids is 1. The minimum atomic E-state index is -0.409. The molecular weight excluding hydrogens is 348 g/mol. The first-order chi connectivity index (χ1) is 13.6. The number of rotatable bonds is 2. The average Bonchev–Trinajstić information content (AvgIpc) is 3.09. The molecule has 1 heterocycles. The molecule has 28 heavy (non-hydrogen) atoms. The molecule has 5 aromatic rings. The first-order valence-corrected chi connectivity index (χ1v) is 9.12. The Labute approximate surface area is 161 Å². The molecule has 0 fully saturated rings. The van der Waals surface area contributed by atoms with Crippen molar-refractivity contribution in [1.29, 1.82) is 0 Å². The van der Waals surface area contributed by atoms with Gasteiger partial charge in [0.25, 0.3) is 0 Å². The van der Waals surface area contributed by atoms with Gasteiger partial charge in [0.2, 0.25) is 0 Å². The Hall–Kier alpha value is -3.79. The van der Waals surface area contributed by atoms with Gasteiger partial charge in [-0.1, -0.05) is 42.5 Å². The second-order valence-electron chi connectivity index (χ2n) is 7.01. The third-order valence-corrected chi connectivity index (χ3v) is 5.16. The van der Waals surface area contributed by atoms with Crippen molar-refractivity contribution >= 4 is 44.2 Å². The number of nitrogens with one attached hydrogen (secondary N) is 1. The van der Waals surface area contributed by atoms with Gasteiger partial charge in [-0.25, -0.2) is 4.79 Å². The Bertz CT molecular complexity index is 1380. The number of para-hydroxylation sites is 1. The lowest BCUT2D eigenvalue weighted by molar-refractivity contribution is 0.0734. The van der Waals surface area contributed by atoms with E-state index in [2.05, 4.69) is 29.2 Å². The van der Waals surface area contributed by atoms with Crippen molar-refractivity contribution < 1.29 is 9.53 Å². The summed E-state index contributed by atoms with van der Waals surface area (Å²) in [5.74, 6) is 0.0958. The fourth-order valence-corrected chi connectivity index (χ4v) is 3.70. The van der Waals surface area contributed by atoms with Gasteiger partial charge >= 0.3 is 5.97 Å². The van der Waals surface area contributed by atoms with E-state index in [-0.39, 0.29) is 0 Å². The number of nitrogen functional groups attached to an aromatic ring is 1. The number of esters is 1. The standard InChI is InChI=1S/C24H18N2O2/c1-14-6-9-16(25)12-20(14)24(27)28-17-10-7-15-8-11-19-18-4-2-3-5-22(18)26-23(19)21(15)13-17/h2-13,26H,25H2,1H3. The van der Waals surface area contributed by atoms with E-state index < -0.39 is 5.97 Å². The number of aryl methyl sites for hydroxylation is 1. The molecule has 4 nitrogen and oxygen atoms in total. The summed E-state index contributed by atoms with van der Waals surface area (Å²) < 4.78 is 5.66. The van der Waals surface area contributed by atoms with Crippen LogP contribution in [-0.2, 0) is 0 Å². The minimum absolute atomic E-state index is 0.409. The molecule has 0 unspecified atom stereocenters. The monoisotopic (exact) mass is 366 g/mol. The molecule has 0 saturated carbocycles. The molecule has 0 spiro atoms. The number of hydrogen-bond acceptors (Lipinski definition) is 3. The number of H-pyrrole nitrogens is 1. The van der Waals surface area contributed by atoms with E-state index in [9.17, 15) is 4.79 Å². The van der Waals surface area contributed by atoms with Gasteiger partial charge in [0.05, 0.1) is 11.1 Å². The van der Waals surface area contributed by atoms with Crippen LogP contribution in [0.4, 0.5) is 5.69 Å². The maximum absolute atomic E-state index is 12.6. The highest BCUT2D eigenvalue weighted by atomic mass is 16.5. The number of ether oxygens (including phenoxy) is 1. The Morgan fingerprint density at radius 1 is 0.893 bits per heavy atom. The number of nitrogens with two attached hydrogens (primary N) is 1. The molecule has 0 bridgehead atoms. The van der Waals surface area contributed by atoms with Crippen LogP contribution in [-0.4, -0.2) is 11.0 Å². The molecule has 3 N–H and O–H groups in total. The fraction of sp³-hybridized carbons (Fsp3) is 0.0417. The lowest BCUT2D eigenvalue weighted by atomic mass is 10.1. The maximum Gasteiger partial charge on any atom is 0.343 e. The van der Waals surface area contributed by atoms with E-state index in [0.29, 0.717) is 17.0 Å². The van der Waals surface area contributed by atoms with Gasteiger partial charge in [-0.2, -0.15) is 0 Å². The van der Waals surface area contributed by atoms with Crippen LogP contribution in [0, 0.1) is 6.92 Å². The van der Waals surface area contributed by atoms with E-state index >= 15 is 0 Å². The van der Waals surface area contributed by atoms with Crippen LogP contribution in [0.1, 0.15) is 15.9 Å². The summed E-state index contributed by atoms with van der Waals surface area (Å²) in [6, 6.07) is 23.4. The third-order valence-electron chi connectivity index (χ3n) is 5.16. The van der Waals surface area contributed by atoms with Gasteiger partial charge in [-0.05, 0) is 48.2 Å². The van der Waals surface area contributed by atoms with Gasteiger partial charge in [-0.3, -0.25) is 0 Å². The van der Waals surface area contributed by atoms with Gasteiger partial charge < -0.3 is 15.5 Å². The Morgan fingerprint density at radius 3 is 2.61 bits per heavy atom. The largest absolute Gasteiger partial charge is 0.423 e. The van der Waals surface area contributed by atoms with Crippen molar-refractivity contribution in [3.05, 3.63) is 83.9 Å². The predicted octanol–water partition coefficient (Wildman–Crippen LogP) is 5.58. The quantitative estimate of drug-likeness (QED) is 0.243. The highest BCUT2D eigenvalue weighted by Gasteiger charge is 2.14. The molecular formula is C24H18N2O2. The predicted molar refractivity (Wildman–Crippen MR) is 114 cm³/mol. The molecule has 0 saturated heterocycles. The van der Waals surface area contributed by atoms with Crippen molar-refractivity contribution in [2.24, 2.45) is 0 Å². The van der Waals surface area contributed by atoms with Crippen molar-refractivity contribution in [3.63, 3.8) is 0 Å². The van der Waals surface area contributed by atoms with Crippen LogP contribution >= 0.6 is 0 Å². The summed E-state index contributed by atoms with van der Waals surface area (Å²) in [7, 11) is 0. The van der Waals surface area contributed by atoms with Crippen molar-refractivity contribution in [2.75, 3.05) is 5.73 Å². The maximum atomic E-state index is 12.6. The molecule has 0 radical (unpaired) electrons. The molecule has 5 rings (SSSR count). The lowest BCUT2D eigenvalue weighted by Crippen LogP contribution is -2.10. The van der Waals surface area contributed by atoms with Crippen LogP contribution in [0.2, 0.25) is 0 Å². The smallest absolute Gasteiger partial charge is 0.343 e. The number of fused-ring (bicyclic) bond motifs is 5. The first kappa shape index (κ1) is 16.4. The molecule has 136 valence electrons. The molecule has 4 heteroatoms. The first-order valence-electron chi connectivity index (χ1n) is 9.12. The minimum Gasteiger partial charge on any atom is -0.423 e. The second kappa shape index (κ2) is 6.13. The van der Waals surface area contributed by atoms with Crippen molar-refractivity contribution in [1.82, 2.24) is 4.98 Å². The highest BCUT2D eigenvalue weighted by molar-refractivity contribution is 6.17. The summed E-state index contributed by atoms with van der Waals surface area (Å²) in [5, 5.41) is 4.43. The second-order valence-corrected chi connectivity index (χ2v) is 7.01. The number of benzene rings is 4. The van der Waals surface area contributed by atoms with Gasteiger partial charge in [-0.15, -0.1) is 0 Å². The third kappa shape index (κ3) is 2.58. The lowest BCUT2D eigenvalue weighted by Gasteiger charge is -2.09. The molecule has 4 aromatic carbocycles. The zero-order chi connectivity index (χ0) is 19.3. The van der Waals surface area contributed by atoms with E-state index in [4.69, 9.17) is 10.5 Å². The number of carbonyl (C=O) groups is 1. The van der Waals surface area contributed by atoms with Crippen LogP contribution < -0.4 is 10.5 Å². The Morgan fingerprint density at radius 2 is 1.71 bits per heavy atom. The van der Waals surface area contributed by atoms with Gasteiger partial charge in [0.1, 0.15) is 5.75 Å². The molecule has 0 aliphatic rings. The molecule has 0 aliphatic carbocycles. The van der Waals surface area contributed by atoms with E-state index in [0.717, 1.165) is 32.8 Å². The Kier molecular flexibility index (Phi) is 3.59. The molecule has 0 amide bonds. The SMILES string of the molecule is Cc1ccc(N)cc1C(=O)Oc1ccc2ccc3c4ccccc4[nH]c3c2c1. The summed E-state index contributed by atoms with van der Waals surface area (Å²) >= 11 is 0. The van der Waals surface area contributed by atoms with E-state index in [1.54, 1.807) is 12.1 Å². The topological polar surface area (TPSA) is 68.1 Å². The van der Waals surface area contributed by atoms with Crippen molar-refractivity contribution in [3.8, 4) is 5.75 Å². The number of aromatic amines is 1. The number of anilines is 1. The van der Waals surface area contributed by atoms with Crippen molar-refractivity contribution in [2.45, 2.75) is 6.92 Å². The molecule has 0 aliphatic heterocycles. The van der Waals surface area contributed by atoms with E-state index in [1.165, 1.54) is 5.39 Å². The number of hydrogen-bond donors (Lipinski definition) is 2. The summed E-state index contributed by atoms with van der Waals surface area (Å²) in [5.41, 5.74) is 9.79. The zero-order valence-corrected chi connectivity index (χ0v) is 15.3. The summed E-state index contributed by atoms with van der Waals surface area (Å²) in [6.45, 7) is 1.87. The number of aromatic nitrogens is 1. The van der Waals surface area contributed by atoms with Gasteiger partial charge in [0.15, 0.2) is 0 Å². The molecule has 1 aromatic heterocycles. The van der Waals surface area contributed by atoms with Gasteiger partial charge in [0, 0.05) is 27.4 Å². The molecule has 0 atom stereocenters. The van der Waals surface area contributed by atoms with E-state index in [1.807, 2.05) is 43.3 Å². The normalized spacial score (nSPS) is 11.3. The highest BCUT2D eigenvalue weighted by Crippen LogP contribution is 2.33. The Balaban J connectivity index is 1.61. The fourth-order valence-electron chi connectivity index (χ4n) is 3.70. The van der Waals surface area contributed by atoms with Crippen LogP contribution in [0.25, 0.3) is 32.6 Å². The summed E-state index contributed by atoms with van der Waals surface area (Å²) in [6.07, 6.45) is 0. The average molecular weight is 366 g/mol. The van der Waals surface area contributed by atoms with Crippen LogP contribution in [0.5, 0.6) is 5.75 Å².